The zero-order valence-electron chi connectivity index (χ0n) is 14.2. The number of hydrogen-bond acceptors (Lipinski definition) is 3. The first kappa shape index (κ1) is 17.6. The molecule has 6 heteroatoms. The molecule has 0 saturated carbocycles. The van der Waals surface area contributed by atoms with E-state index in [1.165, 1.54) is 0 Å². The molecule has 0 aliphatic rings. The molecule has 0 amide bonds. The molecule has 0 saturated heterocycles. The lowest BCUT2D eigenvalue weighted by Gasteiger charge is -2.08. The van der Waals surface area contributed by atoms with Crippen LogP contribution in [0.4, 0.5) is 0 Å². The number of aromatic carboxylic acids is 1. The predicted octanol–water partition coefficient (Wildman–Crippen LogP) is 3.92. The minimum Gasteiger partial charge on any atom is -0.478 e. The van der Waals surface area contributed by atoms with Crippen molar-refractivity contribution in [3.63, 3.8) is 0 Å². The summed E-state index contributed by atoms with van der Waals surface area (Å²) in [6.07, 6.45) is 0.611. The molecule has 0 radical (unpaired) electrons. The minimum absolute atomic E-state index is 0.291. The van der Waals surface area contributed by atoms with Crippen molar-refractivity contribution in [3.8, 4) is 23.0 Å². The van der Waals surface area contributed by atoms with Crippen molar-refractivity contribution in [3.05, 3.63) is 70.3 Å². The molecule has 0 atom stereocenters. The molecule has 1 heterocycles. The summed E-state index contributed by atoms with van der Waals surface area (Å²) in [5.74, 6) is 5.73. The number of rotatable bonds is 5. The van der Waals surface area contributed by atoms with Crippen molar-refractivity contribution in [2.75, 3.05) is 0 Å². The normalized spacial score (nSPS) is 10.2. The van der Waals surface area contributed by atoms with Gasteiger partial charge in [0.25, 0.3) is 0 Å². The molecule has 5 nitrogen and oxygen atoms in total. The molecule has 0 bridgehead atoms. The zero-order chi connectivity index (χ0) is 18.5. The third-order valence-corrected chi connectivity index (χ3v) is 4.15. The Bertz CT molecular complexity index is 1050. The van der Waals surface area contributed by atoms with E-state index in [-0.39, 0.29) is 0 Å². The van der Waals surface area contributed by atoms with E-state index in [4.69, 9.17) is 12.2 Å². The van der Waals surface area contributed by atoms with Crippen LogP contribution in [0.5, 0.6) is 0 Å². The van der Waals surface area contributed by atoms with Crippen molar-refractivity contribution in [1.29, 1.82) is 0 Å². The highest BCUT2D eigenvalue weighted by Crippen LogP contribution is 2.24. The van der Waals surface area contributed by atoms with E-state index in [2.05, 4.69) is 21.9 Å². The van der Waals surface area contributed by atoms with E-state index < -0.39 is 5.97 Å². The summed E-state index contributed by atoms with van der Waals surface area (Å²) in [6, 6.07) is 14.8. The number of carboxylic acid groups (broad SMARTS) is 1. The molecule has 2 aromatic carbocycles. The number of aromatic amines is 1. The molecule has 0 aliphatic heterocycles. The maximum atomic E-state index is 11.4. The number of aromatic nitrogens is 3. The van der Waals surface area contributed by atoms with Crippen LogP contribution in [-0.2, 0) is 13.0 Å². The summed E-state index contributed by atoms with van der Waals surface area (Å²) >= 11 is 5.12. The second-order valence-corrected chi connectivity index (χ2v) is 6.07. The fourth-order valence-corrected chi connectivity index (χ4v) is 2.93. The molecule has 130 valence electrons. The van der Waals surface area contributed by atoms with Gasteiger partial charge in [-0.2, -0.15) is 0 Å². The van der Waals surface area contributed by atoms with Gasteiger partial charge >= 0.3 is 5.97 Å². The lowest BCUT2D eigenvalue weighted by molar-refractivity contribution is 0.0697. The van der Waals surface area contributed by atoms with Crippen LogP contribution in [0.15, 0.2) is 48.5 Å². The van der Waals surface area contributed by atoms with Gasteiger partial charge in [-0.1, -0.05) is 48.4 Å². The molecule has 3 aromatic rings. The highest BCUT2D eigenvalue weighted by atomic mass is 32.1. The van der Waals surface area contributed by atoms with Gasteiger partial charge in [-0.05, 0) is 41.9 Å². The molecule has 0 spiro atoms. The van der Waals surface area contributed by atoms with Gasteiger partial charge < -0.3 is 5.11 Å². The quantitative estimate of drug-likeness (QED) is 0.532. The minimum atomic E-state index is -0.933. The first-order valence-corrected chi connectivity index (χ1v) is 8.46. The number of hydrogen-bond donors (Lipinski definition) is 2. The SMILES string of the molecule is CC#CCn1[nH]c(=S)nc1Cc1ccc(-c2ccccc2C(=O)O)cc1. The van der Waals surface area contributed by atoms with Crippen LogP contribution >= 0.6 is 12.2 Å². The standard InChI is InChI=1S/C20H17N3O2S/c1-2-3-12-23-18(21-20(26)22-23)13-14-8-10-15(11-9-14)16-6-4-5-7-17(16)19(24)25/h4-11H,12-13H2,1H3,(H,22,26)(H,24,25). The van der Waals surface area contributed by atoms with Gasteiger partial charge in [0, 0.05) is 6.42 Å². The number of carboxylic acids is 1. The van der Waals surface area contributed by atoms with Gasteiger partial charge in [-0.25, -0.2) is 9.78 Å². The van der Waals surface area contributed by atoms with Gasteiger partial charge in [-0.3, -0.25) is 9.78 Å². The van der Waals surface area contributed by atoms with E-state index in [0.717, 1.165) is 17.0 Å². The van der Waals surface area contributed by atoms with Crippen molar-refractivity contribution < 1.29 is 9.90 Å². The Morgan fingerprint density at radius 3 is 2.65 bits per heavy atom. The van der Waals surface area contributed by atoms with Crippen LogP contribution in [0.2, 0.25) is 0 Å². The van der Waals surface area contributed by atoms with Crippen molar-refractivity contribution in [2.24, 2.45) is 0 Å². The van der Waals surface area contributed by atoms with Crippen molar-refractivity contribution >= 4 is 18.2 Å². The molecule has 0 fully saturated rings. The van der Waals surface area contributed by atoms with Gasteiger partial charge in [0.1, 0.15) is 12.4 Å². The van der Waals surface area contributed by atoms with Gasteiger partial charge in [-0.15, -0.1) is 5.92 Å². The van der Waals surface area contributed by atoms with Crippen molar-refractivity contribution in [2.45, 2.75) is 19.9 Å². The van der Waals surface area contributed by atoms with Crippen LogP contribution in [0, 0.1) is 16.6 Å². The summed E-state index contributed by atoms with van der Waals surface area (Å²) in [4.78, 5) is 15.7. The van der Waals surface area contributed by atoms with Gasteiger partial charge in [0.2, 0.25) is 4.77 Å². The predicted molar refractivity (Wildman–Crippen MR) is 103 cm³/mol. The van der Waals surface area contributed by atoms with Gasteiger partial charge in [0.05, 0.1) is 5.56 Å². The van der Waals surface area contributed by atoms with E-state index in [0.29, 0.717) is 28.9 Å². The fourth-order valence-electron chi connectivity index (χ4n) is 2.71. The molecule has 26 heavy (non-hydrogen) atoms. The Kier molecular flexibility index (Phi) is 5.30. The smallest absolute Gasteiger partial charge is 0.336 e. The molecular formula is C20H17N3O2S. The number of nitrogens with one attached hydrogen (secondary N) is 1. The molecular weight excluding hydrogens is 346 g/mol. The second-order valence-electron chi connectivity index (χ2n) is 5.68. The van der Waals surface area contributed by atoms with Crippen LogP contribution in [0.25, 0.3) is 11.1 Å². The van der Waals surface area contributed by atoms with Crippen LogP contribution in [0.3, 0.4) is 0 Å². The Labute approximate surface area is 156 Å². The summed E-state index contributed by atoms with van der Waals surface area (Å²) in [5, 5.41) is 12.4. The lowest BCUT2D eigenvalue weighted by atomic mass is 9.98. The maximum Gasteiger partial charge on any atom is 0.336 e. The van der Waals surface area contributed by atoms with Crippen molar-refractivity contribution in [1.82, 2.24) is 14.8 Å². The van der Waals surface area contributed by atoms with Crippen LogP contribution < -0.4 is 0 Å². The Morgan fingerprint density at radius 1 is 1.23 bits per heavy atom. The summed E-state index contributed by atoms with van der Waals surface area (Å²) in [6.45, 7) is 2.30. The number of H-pyrrole nitrogens is 1. The average Bonchev–Trinajstić information content (AvgIpc) is 2.99. The van der Waals surface area contributed by atoms with E-state index in [1.54, 1.807) is 19.1 Å². The monoisotopic (exact) mass is 363 g/mol. The highest BCUT2D eigenvalue weighted by molar-refractivity contribution is 7.71. The Balaban J connectivity index is 1.86. The number of benzene rings is 2. The molecule has 0 unspecified atom stereocenters. The highest BCUT2D eigenvalue weighted by Gasteiger charge is 2.11. The molecule has 3 rings (SSSR count). The second kappa shape index (κ2) is 7.81. The first-order valence-electron chi connectivity index (χ1n) is 8.05. The molecule has 0 aliphatic carbocycles. The van der Waals surface area contributed by atoms with Gasteiger partial charge in [0.15, 0.2) is 0 Å². The fraction of sp³-hybridized carbons (Fsp3) is 0.150. The Morgan fingerprint density at radius 2 is 1.96 bits per heavy atom. The van der Waals surface area contributed by atoms with Crippen LogP contribution in [-0.4, -0.2) is 25.8 Å². The number of carbonyl (C=O) groups is 1. The van der Waals surface area contributed by atoms with Crippen LogP contribution in [0.1, 0.15) is 28.7 Å². The Hall–Kier alpha value is -3.17. The number of nitrogens with zero attached hydrogens (tertiary/aromatic N) is 2. The largest absolute Gasteiger partial charge is 0.478 e. The first-order chi connectivity index (χ1) is 12.6. The van der Waals surface area contributed by atoms with E-state index in [1.807, 2.05) is 41.1 Å². The average molecular weight is 363 g/mol. The van der Waals surface area contributed by atoms with E-state index in [9.17, 15) is 9.90 Å². The summed E-state index contributed by atoms with van der Waals surface area (Å²) in [5.41, 5.74) is 2.91. The van der Waals surface area contributed by atoms with E-state index >= 15 is 0 Å². The third-order valence-electron chi connectivity index (χ3n) is 3.97. The molecule has 1 aromatic heterocycles. The third kappa shape index (κ3) is 3.90. The molecule has 2 N–H and O–H groups in total. The zero-order valence-corrected chi connectivity index (χ0v) is 15.0. The summed E-state index contributed by atoms with van der Waals surface area (Å²) in [7, 11) is 0. The lowest BCUT2D eigenvalue weighted by Crippen LogP contribution is -2.05. The topological polar surface area (TPSA) is 70.9 Å². The summed E-state index contributed by atoms with van der Waals surface area (Å²) < 4.78 is 2.27. The maximum absolute atomic E-state index is 11.4.